The Balaban J connectivity index is 1.14. The van der Waals surface area contributed by atoms with Crippen molar-refractivity contribution in [1.29, 1.82) is 5.26 Å². The van der Waals surface area contributed by atoms with Gasteiger partial charge in [0, 0.05) is 67.5 Å². The van der Waals surface area contributed by atoms with E-state index in [1.165, 1.54) is 0 Å². The summed E-state index contributed by atoms with van der Waals surface area (Å²) in [5.74, 6) is 5.17. The van der Waals surface area contributed by atoms with Gasteiger partial charge in [-0.15, -0.1) is 0 Å². The Morgan fingerprint density at radius 1 is 1.06 bits per heavy atom. The SMILES string of the molecule is Cc1cc(-c2ccc(N(C)c3cc(C(C)C)c4c(c3)n(C)c(=O)n4C)cc2C#N)cnc1C(=O)NCC#Cc1cccc(NC2CCC(=O)NC2=O)c1. The molecule has 1 aliphatic heterocycles. The second kappa shape index (κ2) is 14.9. The number of nitrogens with zero attached hydrogens (tertiary/aromatic N) is 5. The number of pyridine rings is 1. The van der Waals surface area contributed by atoms with Gasteiger partial charge in [0.05, 0.1) is 29.2 Å². The van der Waals surface area contributed by atoms with Gasteiger partial charge in [-0.3, -0.25) is 33.8 Å². The molecule has 6 rings (SSSR count). The van der Waals surface area contributed by atoms with Gasteiger partial charge in [-0.05, 0) is 78.9 Å². The molecule has 0 aliphatic carbocycles. The van der Waals surface area contributed by atoms with Crippen LogP contribution < -0.4 is 26.5 Å². The number of nitrogens with one attached hydrogen (secondary N) is 3. The van der Waals surface area contributed by atoms with E-state index in [1.54, 1.807) is 42.4 Å². The van der Waals surface area contributed by atoms with Crippen LogP contribution in [0.25, 0.3) is 22.2 Å². The Morgan fingerprint density at radius 3 is 2.57 bits per heavy atom. The number of fused-ring (bicyclic) bond motifs is 1. The van der Waals surface area contributed by atoms with Gasteiger partial charge in [-0.1, -0.05) is 37.8 Å². The molecule has 1 atom stereocenters. The van der Waals surface area contributed by atoms with Gasteiger partial charge in [0.25, 0.3) is 5.91 Å². The number of rotatable bonds is 8. The molecular weight excluding hydrogens is 669 g/mol. The van der Waals surface area contributed by atoms with E-state index >= 15 is 0 Å². The molecule has 2 aromatic heterocycles. The van der Waals surface area contributed by atoms with Gasteiger partial charge >= 0.3 is 5.69 Å². The minimum Gasteiger partial charge on any atom is -0.374 e. The predicted octanol–water partition coefficient (Wildman–Crippen LogP) is 5.01. The highest BCUT2D eigenvalue weighted by Gasteiger charge is 2.26. The number of anilines is 3. The highest BCUT2D eigenvalue weighted by Crippen LogP contribution is 2.35. The number of imide groups is 1. The number of carbonyl (C=O) groups is 3. The number of amides is 3. The second-order valence-electron chi connectivity index (χ2n) is 13.5. The molecule has 3 heterocycles. The van der Waals surface area contributed by atoms with E-state index < -0.39 is 6.04 Å². The van der Waals surface area contributed by atoms with E-state index in [9.17, 15) is 24.4 Å². The van der Waals surface area contributed by atoms with Crippen LogP contribution >= 0.6 is 0 Å². The van der Waals surface area contributed by atoms with Crippen LogP contribution in [0, 0.1) is 30.1 Å². The lowest BCUT2D eigenvalue weighted by molar-refractivity contribution is -0.133. The van der Waals surface area contributed by atoms with Gasteiger partial charge in [0.15, 0.2) is 0 Å². The molecule has 3 amide bonds. The Morgan fingerprint density at radius 2 is 1.85 bits per heavy atom. The van der Waals surface area contributed by atoms with Crippen LogP contribution in [0.5, 0.6) is 0 Å². The van der Waals surface area contributed by atoms with Crippen molar-refractivity contribution in [2.75, 3.05) is 23.8 Å². The fourth-order valence-corrected chi connectivity index (χ4v) is 6.57. The quantitative estimate of drug-likeness (QED) is 0.150. The van der Waals surface area contributed by atoms with Crippen molar-refractivity contribution in [3.8, 4) is 29.0 Å². The topological polar surface area (TPSA) is 154 Å². The molecule has 0 spiro atoms. The molecule has 0 radical (unpaired) electrons. The largest absolute Gasteiger partial charge is 0.374 e. The first kappa shape index (κ1) is 36.1. The number of benzene rings is 3. The summed E-state index contributed by atoms with van der Waals surface area (Å²) in [6.45, 7) is 6.09. The molecule has 12 nitrogen and oxygen atoms in total. The van der Waals surface area contributed by atoms with Gasteiger partial charge in [-0.2, -0.15) is 5.26 Å². The van der Waals surface area contributed by atoms with Crippen LogP contribution in [0.2, 0.25) is 0 Å². The minimum atomic E-state index is -0.497. The summed E-state index contributed by atoms with van der Waals surface area (Å²) in [5, 5.41) is 18.4. The zero-order chi connectivity index (χ0) is 38.0. The molecule has 5 aromatic rings. The fourth-order valence-electron chi connectivity index (χ4n) is 6.57. The number of aromatic nitrogens is 3. The molecule has 0 saturated carbocycles. The summed E-state index contributed by atoms with van der Waals surface area (Å²) >= 11 is 0. The van der Waals surface area contributed by atoms with Crippen molar-refractivity contribution in [2.45, 2.75) is 45.6 Å². The smallest absolute Gasteiger partial charge is 0.328 e. The van der Waals surface area contributed by atoms with Crippen molar-refractivity contribution in [3.05, 3.63) is 105 Å². The average Bonchev–Trinajstić information content (AvgIpc) is 3.36. The maximum atomic E-state index is 13.0. The third kappa shape index (κ3) is 7.39. The van der Waals surface area contributed by atoms with E-state index in [-0.39, 0.29) is 48.0 Å². The van der Waals surface area contributed by atoms with Crippen LogP contribution in [0.3, 0.4) is 0 Å². The van der Waals surface area contributed by atoms with E-state index in [0.717, 1.165) is 28.0 Å². The van der Waals surface area contributed by atoms with Gasteiger partial charge in [0.2, 0.25) is 11.8 Å². The summed E-state index contributed by atoms with van der Waals surface area (Å²) in [5.41, 5.74) is 8.59. The van der Waals surface area contributed by atoms with E-state index in [0.29, 0.717) is 39.9 Å². The van der Waals surface area contributed by atoms with Crippen molar-refractivity contribution < 1.29 is 14.4 Å². The average molecular weight is 709 g/mol. The number of piperidine rings is 1. The number of imidazole rings is 1. The monoisotopic (exact) mass is 708 g/mol. The third-order valence-electron chi connectivity index (χ3n) is 9.51. The lowest BCUT2D eigenvalue weighted by Crippen LogP contribution is -2.47. The summed E-state index contributed by atoms with van der Waals surface area (Å²) < 4.78 is 3.34. The summed E-state index contributed by atoms with van der Waals surface area (Å²) in [7, 11) is 5.50. The first-order chi connectivity index (χ1) is 25.4. The highest BCUT2D eigenvalue weighted by atomic mass is 16.2. The maximum absolute atomic E-state index is 13.0. The van der Waals surface area contributed by atoms with Crippen LogP contribution in [0.15, 0.2) is 71.7 Å². The molecule has 1 aliphatic rings. The number of carbonyl (C=O) groups excluding carboxylic acids is 3. The van der Waals surface area contributed by atoms with Crippen molar-refractivity contribution in [3.63, 3.8) is 0 Å². The zero-order valence-corrected chi connectivity index (χ0v) is 30.5. The van der Waals surface area contributed by atoms with E-state index in [2.05, 4.69) is 58.8 Å². The number of nitriles is 1. The number of hydrogen-bond acceptors (Lipinski definition) is 8. The Hall–Kier alpha value is -6.66. The molecule has 1 saturated heterocycles. The molecule has 3 aromatic carbocycles. The Kier molecular flexibility index (Phi) is 10.2. The van der Waals surface area contributed by atoms with Gasteiger partial charge in [0.1, 0.15) is 11.7 Å². The predicted molar refractivity (Wildman–Crippen MR) is 205 cm³/mol. The number of hydrogen-bond donors (Lipinski definition) is 3. The lowest BCUT2D eigenvalue weighted by Gasteiger charge is -2.23. The summed E-state index contributed by atoms with van der Waals surface area (Å²) in [6, 6.07) is 20.7. The highest BCUT2D eigenvalue weighted by molar-refractivity contribution is 6.01. The fraction of sp³-hybridized carbons (Fsp3) is 0.268. The molecular formula is C41H40N8O4. The van der Waals surface area contributed by atoms with Crippen LogP contribution in [-0.4, -0.2) is 51.5 Å². The molecule has 0 bridgehead atoms. The molecule has 1 fully saturated rings. The third-order valence-corrected chi connectivity index (χ3v) is 9.51. The Labute approximate surface area is 307 Å². The van der Waals surface area contributed by atoms with Crippen LogP contribution in [-0.2, 0) is 23.7 Å². The normalized spacial score (nSPS) is 14.0. The van der Waals surface area contributed by atoms with E-state index in [4.69, 9.17) is 0 Å². The minimum absolute atomic E-state index is 0.0834. The van der Waals surface area contributed by atoms with Crippen LogP contribution in [0.1, 0.15) is 65.3 Å². The van der Waals surface area contributed by atoms with Gasteiger partial charge < -0.3 is 15.5 Å². The standard InChI is InChI=1S/C41H40N8O4/c1-24(2)33-20-31(21-35-38(33)49(6)41(53)48(35)5)47(4)30-12-13-32(27(19-30)22-42)28-17-25(3)37(44-23-28)40(52)43-16-8-10-26-9-7-11-29(18-26)45-34-14-15-36(50)46-39(34)51/h7,9,11-13,17-21,23-24,34,45H,14-16H2,1-6H3,(H,43,52)(H,46,50,51). The first-order valence-electron chi connectivity index (χ1n) is 17.3. The molecule has 12 heteroatoms. The van der Waals surface area contributed by atoms with E-state index in [1.807, 2.05) is 60.5 Å². The van der Waals surface area contributed by atoms with Crippen LogP contribution in [0.4, 0.5) is 17.1 Å². The summed E-state index contributed by atoms with van der Waals surface area (Å²) in [6.07, 6.45) is 2.29. The molecule has 1 unspecified atom stereocenters. The van der Waals surface area contributed by atoms with Crippen molar-refractivity contribution >= 4 is 45.8 Å². The second-order valence-corrected chi connectivity index (χ2v) is 13.5. The maximum Gasteiger partial charge on any atom is 0.328 e. The zero-order valence-electron chi connectivity index (χ0n) is 30.5. The molecule has 53 heavy (non-hydrogen) atoms. The molecule has 268 valence electrons. The lowest BCUT2D eigenvalue weighted by atomic mass is 9.98. The number of aryl methyl sites for hydroxylation is 3. The molecule has 3 N–H and O–H groups in total. The Bertz CT molecular complexity index is 2460. The van der Waals surface area contributed by atoms with Gasteiger partial charge in [-0.25, -0.2) is 4.79 Å². The first-order valence-corrected chi connectivity index (χ1v) is 17.3. The van der Waals surface area contributed by atoms with Crippen molar-refractivity contribution in [1.82, 2.24) is 24.8 Å². The van der Waals surface area contributed by atoms with Crippen molar-refractivity contribution in [2.24, 2.45) is 14.1 Å². The summed E-state index contributed by atoms with van der Waals surface area (Å²) in [4.78, 5) is 55.8.